The van der Waals surface area contributed by atoms with Gasteiger partial charge in [0.1, 0.15) is 0 Å². The summed E-state index contributed by atoms with van der Waals surface area (Å²) in [7, 11) is 3.14. The number of carbonyl (C=O) groups is 1. The van der Waals surface area contributed by atoms with Gasteiger partial charge in [-0.3, -0.25) is 4.79 Å². The van der Waals surface area contributed by atoms with E-state index in [4.69, 9.17) is 19.5 Å². The number of carbonyl (C=O) groups excluding carboxylic acids is 1. The molecule has 2 aromatic carbocycles. The van der Waals surface area contributed by atoms with E-state index in [2.05, 4.69) is 11.4 Å². The summed E-state index contributed by atoms with van der Waals surface area (Å²) in [6, 6.07) is 17.2. The number of thiophene rings is 1. The van der Waals surface area contributed by atoms with Crippen molar-refractivity contribution >= 4 is 56.8 Å². The molecule has 0 atom stereocenters. The Labute approximate surface area is 189 Å². The highest BCUT2D eigenvalue weighted by Crippen LogP contribution is 2.34. The maximum Gasteiger partial charge on any atom is 0.234 e. The number of rotatable bonds is 6. The second-order valence-electron chi connectivity index (χ2n) is 6.61. The fraction of sp³-hybridized carbons (Fsp3) is 0.174. The molecule has 31 heavy (non-hydrogen) atoms. The van der Waals surface area contributed by atoms with Gasteiger partial charge in [0, 0.05) is 23.1 Å². The van der Waals surface area contributed by atoms with Crippen LogP contribution < -0.4 is 14.8 Å². The summed E-state index contributed by atoms with van der Waals surface area (Å²) in [6.07, 6.45) is 0.587. The minimum Gasteiger partial charge on any atom is -0.493 e. The van der Waals surface area contributed by atoms with Crippen molar-refractivity contribution < 1.29 is 14.3 Å². The topological polar surface area (TPSA) is 72.3 Å². The Morgan fingerprint density at radius 2 is 1.81 bits per heavy atom. The Balaban J connectivity index is 1.47. The van der Waals surface area contributed by atoms with Crippen LogP contribution in [0.15, 0.2) is 70.0 Å². The number of hydrogen-bond acceptors (Lipinski definition) is 7. The quantitative estimate of drug-likeness (QED) is 0.522. The molecule has 1 aliphatic heterocycles. The van der Waals surface area contributed by atoms with Crippen LogP contribution in [0.3, 0.4) is 0 Å². The van der Waals surface area contributed by atoms with Crippen molar-refractivity contribution in [1.82, 2.24) is 0 Å². The largest absolute Gasteiger partial charge is 0.493 e. The van der Waals surface area contributed by atoms with Crippen LogP contribution >= 0.6 is 23.1 Å². The molecule has 0 bridgehead atoms. The van der Waals surface area contributed by atoms with E-state index in [-0.39, 0.29) is 11.7 Å². The summed E-state index contributed by atoms with van der Waals surface area (Å²) in [4.78, 5) is 23.3. The summed E-state index contributed by atoms with van der Waals surface area (Å²) < 4.78 is 10.5. The number of fused-ring (bicyclic) bond motifs is 1. The van der Waals surface area contributed by atoms with Crippen molar-refractivity contribution in [3.8, 4) is 11.5 Å². The number of amides is 1. The van der Waals surface area contributed by atoms with E-state index in [0.717, 1.165) is 27.0 Å². The fourth-order valence-corrected chi connectivity index (χ4v) is 4.57. The van der Waals surface area contributed by atoms with Gasteiger partial charge in [-0.15, -0.1) is 23.1 Å². The van der Waals surface area contributed by atoms with Crippen LogP contribution in [0.25, 0.3) is 0 Å². The van der Waals surface area contributed by atoms with Crippen LogP contribution in [-0.4, -0.2) is 36.6 Å². The number of ether oxygens (including phenoxy) is 2. The van der Waals surface area contributed by atoms with E-state index in [9.17, 15) is 4.79 Å². The highest BCUT2D eigenvalue weighted by atomic mass is 32.2. The van der Waals surface area contributed by atoms with Gasteiger partial charge in [-0.25, -0.2) is 9.98 Å². The molecular formula is C23H21N3O3S2. The van der Waals surface area contributed by atoms with Crippen molar-refractivity contribution in [2.24, 2.45) is 9.98 Å². The summed E-state index contributed by atoms with van der Waals surface area (Å²) in [5, 5.41) is 5.80. The molecule has 3 aromatic rings. The van der Waals surface area contributed by atoms with Crippen molar-refractivity contribution in [1.29, 1.82) is 0 Å². The number of nitrogens with one attached hydrogen (secondary N) is 1. The zero-order valence-corrected chi connectivity index (χ0v) is 18.8. The number of benzene rings is 2. The van der Waals surface area contributed by atoms with E-state index in [1.165, 1.54) is 11.8 Å². The first-order valence-electron chi connectivity index (χ1n) is 9.59. The van der Waals surface area contributed by atoms with Gasteiger partial charge < -0.3 is 14.8 Å². The predicted octanol–water partition coefficient (Wildman–Crippen LogP) is 5.69. The van der Waals surface area contributed by atoms with Crippen LogP contribution in [-0.2, 0) is 4.79 Å². The van der Waals surface area contributed by atoms with E-state index in [1.54, 1.807) is 43.8 Å². The molecule has 0 unspecified atom stereocenters. The molecule has 0 fully saturated rings. The molecular weight excluding hydrogens is 430 g/mol. The van der Waals surface area contributed by atoms with Crippen LogP contribution in [0.2, 0.25) is 0 Å². The van der Waals surface area contributed by atoms with Gasteiger partial charge in [-0.05, 0) is 35.7 Å². The standard InChI is InChI=1S/C23H21N3O3S2/c1-28-19-10-9-15(12-20(19)29-2)24-22(27)14-31-23-13-18(21-8-5-11-30-21)25-16-6-3-4-7-17(16)26-23/h3-12H,13-14H2,1-2H3,(H,24,27). The van der Waals surface area contributed by atoms with Gasteiger partial charge in [0.05, 0.1) is 42.1 Å². The average Bonchev–Trinajstić information content (AvgIpc) is 3.26. The lowest BCUT2D eigenvalue weighted by atomic mass is 10.2. The smallest absolute Gasteiger partial charge is 0.234 e. The molecule has 6 nitrogen and oxygen atoms in total. The number of anilines is 1. The Morgan fingerprint density at radius 1 is 1.03 bits per heavy atom. The third kappa shape index (κ3) is 5.15. The summed E-state index contributed by atoms with van der Waals surface area (Å²) >= 11 is 3.08. The van der Waals surface area contributed by atoms with Gasteiger partial charge in [-0.1, -0.05) is 18.2 Å². The third-order valence-electron chi connectivity index (χ3n) is 4.54. The lowest BCUT2D eigenvalue weighted by Crippen LogP contribution is -2.16. The minimum absolute atomic E-state index is 0.118. The second-order valence-corrected chi connectivity index (χ2v) is 8.61. The normalized spacial score (nSPS) is 12.8. The molecule has 4 rings (SSSR count). The average molecular weight is 452 g/mol. The molecule has 1 amide bonds. The highest BCUT2D eigenvalue weighted by Gasteiger charge is 2.17. The Morgan fingerprint density at radius 3 is 2.52 bits per heavy atom. The minimum atomic E-state index is -0.118. The highest BCUT2D eigenvalue weighted by molar-refractivity contribution is 8.14. The van der Waals surface area contributed by atoms with Gasteiger partial charge in [0.25, 0.3) is 0 Å². The molecule has 0 spiro atoms. The zero-order chi connectivity index (χ0) is 21.6. The molecule has 0 saturated carbocycles. The number of methoxy groups -OCH3 is 2. The van der Waals surface area contributed by atoms with E-state index in [1.807, 2.05) is 35.7 Å². The predicted molar refractivity (Wildman–Crippen MR) is 129 cm³/mol. The number of thioether (sulfide) groups is 1. The molecule has 1 aromatic heterocycles. The summed E-state index contributed by atoms with van der Waals surface area (Å²) in [6.45, 7) is 0. The monoisotopic (exact) mass is 451 g/mol. The Kier molecular flexibility index (Phi) is 6.69. The fourth-order valence-electron chi connectivity index (χ4n) is 3.08. The lowest BCUT2D eigenvalue weighted by molar-refractivity contribution is -0.113. The molecule has 0 saturated heterocycles. The van der Waals surface area contributed by atoms with Crippen molar-refractivity contribution in [3.63, 3.8) is 0 Å². The first-order chi connectivity index (χ1) is 15.2. The van der Waals surface area contributed by atoms with Gasteiger partial charge in [0.15, 0.2) is 11.5 Å². The van der Waals surface area contributed by atoms with E-state index >= 15 is 0 Å². The molecule has 1 aliphatic rings. The molecule has 1 N–H and O–H groups in total. The molecule has 158 valence electrons. The number of nitrogens with zero attached hydrogens (tertiary/aromatic N) is 2. The van der Waals surface area contributed by atoms with Crippen molar-refractivity contribution in [3.05, 3.63) is 64.9 Å². The third-order valence-corrected chi connectivity index (χ3v) is 6.44. The Bertz CT molecular complexity index is 1140. The molecule has 0 radical (unpaired) electrons. The zero-order valence-electron chi connectivity index (χ0n) is 17.1. The molecule has 2 heterocycles. The van der Waals surface area contributed by atoms with Crippen molar-refractivity contribution in [2.45, 2.75) is 6.42 Å². The van der Waals surface area contributed by atoms with Crippen LogP contribution in [0, 0.1) is 0 Å². The van der Waals surface area contributed by atoms with Crippen LogP contribution in [0.1, 0.15) is 11.3 Å². The first-order valence-corrected chi connectivity index (χ1v) is 11.5. The Hall–Kier alpha value is -3.10. The number of hydrogen-bond donors (Lipinski definition) is 1. The molecule has 0 aliphatic carbocycles. The maximum atomic E-state index is 12.6. The lowest BCUT2D eigenvalue weighted by Gasteiger charge is -2.11. The maximum absolute atomic E-state index is 12.6. The van der Waals surface area contributed by atoms with Gasteiger partial charge in [0.2, 0.25) is 5.91 Å². The molecule has 8 heteroatoms. The first kappa shape index (κ1) is 21.1. The van der Waals surface area contributed by atoms with Crippen LogP contribution in [0.4, 0.5) is 17.1 Å². The van der Waals surface area contributed by atoms with Crippen molar-refractivity contribution in [2.75, 3.05) is 25.3 Å². The van der Waals surface area contributed by atoms with Gasteiger partial charge in [-0.2, -0.15) is 0 Å². The van der Waals surface area contributed by atoms with E-state index < -0.39 is 0 Å². The second kappa shape index (κ2) is 9.80. The SMILES string of the molecule is COc1ccc(NC(=O)CSC2=Nc3ccccc3N=C(c3cccs3)C2)cc1OC. The summed E-state index contributed by atoms with van der Waals surface area (Å²) in [5.74, 6) is 1.30. The number of aliphatic imine (C=N–C) groups is 2. The van der Waals surface area contributed by atoms with Gasteiger partial charge >= 0.3 is 0 Å². The van der Waals surface area contributed by atoms with Crippen LogP contribution in [0.5, 0.6) is 11.5 Å². The number of para-hydroxylation sites is 2. The van der Waals surface area contributed by atoms with E-state index in [0.29, 0.717) is 23.6 Å². The summed E-state index contributed by atoms with van der Waals surface area (Å²) in [5.41, 5.74) is 3.27.